The van der Waals surface area contributed by atoms with Crippen LogP contribution in [0.15, 0.2) is 97.1 Å². The van der Waals surface area contributed by atoms with Crippen molar-refractivity contribution < 1.29 is 24.0 Å². The van der Waals surface area contributed by atoms with Crippen molar-refractivity contribution in [2.45, 2.75) is 24.4 Å². The molecule has 1 nitrogen and oxygen atoms in total. The molecule has 0 atom stereocenters. The second-order valence-electron chi connectivity index (χ2n) is 8.40. The zero-order valence-corrected chi connectivity index (χ0v) is 17.3. The van der Waals surface area contributed by atoms with E-state index in [9.17, 15) is 5.11 Å². The molecule has 0 unspecified atom stereocenters. The Hall–Kier alpha value is -2.56. The first-order chi connectivity index (χ1) is 14.2. The first-order valence-electron chi connectivity index (χ1n) is 10.2. The third-order valence-electron chi connectivity index (χ3n) is 6.81. The van der Waals surface area contributed by atoms with Crippen molar-refractivity contribution in [2.75, 3.05) is 0 Å². The monoisotopic (exact) mass is 380 g/mol. The van der Waals surface area contributed by atoms with Gasteiger partial charge in [-0.15, -0.1) is 0 Å². The van der Waals surface area contributed by atoms with Crippen molar-refractivity contribution >= 4 is 0 Å². The first kappa shape index (κ1) is 19.4. The van der Waals surface area contributed by atoms with Crippen molar-refractivity contribution in [1.82, 2.24) is 0 Å². The van der Waals surface area contributed by atoms with E-state index in [1.54, 1.807) is 0 Å². The Morgan fingerprint density at radius 2 is 0.733 bits per heavy atom. The molecule has 6 rings (SSSR count). The van der Waals surface area contributed by atoms with Gasteiger partial charge in [-0.25, -0.2) is 0 Å². The van der Waals surface area contributed by atoms with Crippen LogP contribution >= 0.6 is 0 Å². The van der Waals surface area contributed by atoms with E-state index in [2.05, 4.69) is 97.1 Å². The summed E-state index contributed by atoms with van der Waals surface area (Å²) >= 11 is 0. The zero-order valence-electron chi connectivity index (χ0n) is 17.3. The predicted octanol–water partition coefficient (Wildman–Crippen LogP) is 2.73. The quantitative estimate of drug-likeness (QED) is 0.491. The van der Waals surface area contributed by atoms with Crippen LogP contribution in [0.5, 0.6) is 0 Å². The molecule has 4 aromatic carbocycles. The Labute approximate surface area is 189 Å². The van der Waals surface area contributed by atoms with Gasteiger partial charge in [0, 0.05) is 11.8 Å². The maximum Gasteiger partial charge on any atom is 1.00 e. The fourth-order valence-corrected chi connectivity index (χ4v) is 5.71. The van der Waals surface area contributed by atoms with E-state index >= 15 is 0 Å². The van der Waals surface area contributed by atoms with Gasteiger partial charge < -0.3 is 5.11 Å². The Kier molecular flexibility index (Phi) is 4.53. The predicted molar refractivity (Wildman–Crippen MR) is 116 cm³/mol. The van der Waals surface area contributed by atoms with Crippen molar-refractivity contribution in [1.29, 1.82) is 0 Å². The molecule has 0 bridgehead atoms. The molecule has 2 aliphatic rings. The standard InChI is InChI=1S/C28H21O.Li/c1-28(29,26-22-14-6-2-10-18(22)19-11-3-7-15-23(19)26)27-24-16-8-4-12-20(24)21-13-5-9-17-25(21)27;/h2-17,26-27H,1H3;/q-1;+1. The van der Waals surface area contributed by atoms with Crippen LogP contribution in [-0.2, 0) is 0 Å². The normalized spacial score (nSPS) is 14.5. The summed E-state index contributed by atoms with van der Waals surface area (Å²) < 4.78 is 0. The molecule has 0 radical (unpaired) electrons. The van der Waals surface area contributed by atoms with Crippen LogP contribution in [0.1, 0.15) is 41.0 Å². The van der Waals surface area contributed by atoms with Crippen LogP contribution in [0.25, 0.3) is 22.3 Å². The molecular formula is C28H21LiO. The summed E-state index contributed by atoms with van der Waals surface area (Å²) in [5.41, 5.74) is 8.24. The van der Waals surface area contributed by atoms with Gasteiger partial charge in [0.1, 0.15) is 0 Å². The van der Waals surface area contributed by atoms with Gasteiger partial charge in [0.25, 0.3) is 0 Å². The molecule has 0 heterocycles. The van der Waals surface area contributed by atoms with Crippen molar-refractivity contribution in [2.24, 2.45) is 0 Å². The Balaban J connectivity index is 0.00000193. The molecule has 140 valence electrons. The second kappa shape index (κ2) is 7.00. The molecule has 0 fully saturated rings. The average Bonchev–Trinajstić information content (AvgIpc) is 3.28. The van der Waals surface area contributed by atoms with Crippen molar-refractivity contribution in [3.05, 3.63) is 119 Å². The van der Waals surface area contributed by atoms with Crippen LogP contribution < -0.4 is 24.0 Å². The fourth-order valence-electron chi connectivity index (χ4n) is 5.71. The van der Waals surface area contributed by atoms with Crippen LogP contribution in [0.3, 0.4) is 0 Å². The molecule has 0 amide bonds. The minimum absolute atomic E-state index is 0. The van der Waals surface area contributed by atoms with Gasteiger partial charge in [0.05, 0.1) is 0 Å². The summed E-state index contributed by atoms with van der Waals surface area (Å²) in [5.74, 6) is -0.363. The van der Waals surface area contributed by atoms with E-state index in [0.717, 1.165) is 22.3 Å². The van der Waals surface area contributed by atoms with Crippen molar-refractivity contribution in [3.8, 4) is 22.3 Å². The minimum Gasteiger partial charge on any atom is -0.848 e. The molecule has 2 aliphatic carbocycles. The van der Waals surface area contributed by atoms with E-state index < -0.39 is 5.60 Å². The second-order valence-corrected chi connectivity index (χ2v) is 8.40. The van der Waals surface area contributed by atoms with Crippen molar-refractivity contribution in [3.63, 3.8) is 0 Å². The van der Waals surface area contributed by atoms with E-state index in [1.807, 2.05) is 6.92 Å². The van der Waals surface area contributed by atoms with Gasteiger partial charge in [-0.3, -0.25) is 0 Å². The Morgan fingerprint density at radius 3 is 1.00 bits per heavy atom. The van der Waals surface area contributed by atoms with E-state index in [4.69, 9.17) is 0 Å². The molecule has 0 saturated heterocycles. The summed E-state index contributed by atoms with van der Waals surface area (Å²) in [6.07, 6.45) is 0. The third kappa shape index (κ3) is 2.53. The molecule has 0 saturated carbocycles. The third-order valence-corrected chi connectivity index (χ3v) is 6.81. The van der Waals surface area contributed by atoms with E-state index in [1.165, 1.54) is 22.3 Å². The summed E-state index contributed by atoms with van der Waals surface area (Å²) in [5, 5.41) is 14.8. The van der Waals surface area contributed by atoms with Gasteiger partial charge >= 0.3 is 18.9 Å². The summed E-state index contributed by atoms with van der Waals surface area (Å²) in [4.78, 5) is 0. The minimum atomic E-state index is -1.22. The summed E-state index contributed by atoms with van der Waals surface area (Å²) in [6, 6.07) is 33.7. The van der Waals surface area contributed by atoms with E-state index in [0.29, 0.717) is 0 Å². The number of rotatable bonds is 2. The maximum atomic E-state index is 14.8. The fraction of sp³-hybridized carbons (Fsp3) is 0.143. The molecule has 0 spiro atoms. The van der Waals surface area contributed by atoms with Gasteiger partial charge in [0.2, 0.25) is 0 Å². The topological polar surface area (TPSA) is 23.1 Å². The largest absolute Gasteiger partial charge is 1.00 e. The van der Waals surface area contributed by atoms with Gasteiger partial charge in [-0.05, 0) is 44.5 Å². The molecule has 0 aromatic heterocycles. The van der Waals surface area contributed by atoms with Gasteiger partial charge in [-0.1, -0.05) is 110 Å². The smallest absolute Gasteiger partial charge is 0.848 e. The van der Waals surface area contributed by atoms with E-state index in [-0.39, 0.29) is 30.7 Å². The molecule has 0 aliphatic heterocycles. The van der Waals surface area contributed by atoms with Crippen LogP contribution in [-0.4, -0.2) is 5.60 Å². The molecule has 0 N–H and O–H groups in total. The van der Waals surface area contributed by atoms with Crippen LogP contribution in [0, 0.1) is 0 Å². The zero-order chi connectivity index (χ0) is 19.6. The SMILES string of the molecule is CC([O-])(C1c2ccccc2-c2ccccc21)C1c2ccccc2-c2ccccc21.[Li+]. The summed E-state index contributed by atoms with van der Waals surface area (Å²) in [6.45, 7) is 1.92. The average molecular weight is 380 g/mol. The summed E-state index contributed by atoms with van der Waals surface area (Å²) in [7, 11) is 0. The maximum absolute atomic E-state index is 14.8. The van der Waals surface area contributed by atoms with Gasteiger partial charge in [-0.2, -0.15) is 0 Å². The van der Waals surface area contributed by atoms with Crippen LogP contribution in [0.4, 0.5) is 0 Å². The first-order valence-corrected chi connectivity index (χ1v) is 10.2. The molecule has 2 heteroatoms. The molecular weight excluding hydrogens is 359 g/mol. The number of benzene rings is 4. The number of hydrogen-bond donors (Lipinski definition) is 0. The Bertz CT molecular complexity index is 1070. The van der Waals surface area contributed by atoms with Crippen LogP contribution in [0.2, 0.25) is 0 Å². The number of hydrogen-bond acceptors (Lipinski definition) is 1. The number of fused-ring (bicyclic) bond motifs is 6. The molecule has 30 heavy (non-hydrogen) atoms. The Morgan fingerprint density at radius 1 is 0.500 bits per heavy atom. The molecule has 4 aromatic rings. The van der Waals surface area contributed by atoms with Gasteiger partial charge in [0.15, 0.2) is 0 Å².